The maximum Gasteiger partial charge on any atom is 0.191 e. The highest BCUT2D eigenvalue weighted by Crippen LogP contribution is 2.23. The molecule has 0 spiro atoms. The number of methoxy groups -OCH3 is 1. The van der Waals surface area contributed by atoms with Gasteiger partial charge in [-0.1, -0.05) is 127 Å². The summed E-state index contributed by atoms with van der Waals surface area (Å²) in [6.07, 6.45) is 16.1. The van der Waals surface area contributed by atoms with Gasteiger partial charge in [-0.2, -0.15) is 0 Å². The maximum absolute atomic E-state index is 12.9. The SMILES string of the molecule is CCCCCCCCCOc1ccc2cc(CCc3ccc(C(=O)[C@@H](CCCCCC)OC)cc3)ccc2c1. The predicted octanol–water partition coefficient (Wildman–Crippen LogP) is 9.92. The Morgan fingerprint density at radius 1 is 0.667 bits per heavy atom. The summed E-state index contributed by atoms with van der Waals surface area (Å²) in [5, 5.41) is 2.47. The Morgan fingerprint density at radius 3 is 1.97 bits per heavy atom. The van der Waals surface area contributed by atoms with Crippen molar-refractivity contribution in [2.24, 2.45) is 0 Å². The van der Waals surface area contributed by atoms with Crippen LogP contribution in [0.2, 0.25) is 0 Å². The number of aryl methyl sites for hydroxylation is 2. The van der Waals surface area contributed by atoms with Crippen molar-refractivity contribution in [3.05, 3.63) is 77.4 Å². The molecule has 0 fully saturated rings. The third kappa shape index (κ3) is 10.8. The van der Waals surface area contributed by atoms with Crippen molar-refractivity contribution in [2.75, 3.05) is 13.7 Å². The van der Waals surface area contributed by atoms with Gasteiger partial charge in [-0.15, -0.1) is 0 Å². The van der Waals surface area contributed by atoms with Crippen LogP contribution >= 0.6 is 0 Å². The number of benzene rings is 3. The molecule has 0 heterocycles. The van der Waals surface area contributed by atoms with E-state index in [4.69, 9.17) is 9.47 Å². The zero-order valence-electron chi connectivity index (χ0n) is 24.7. The molecule has 0 amide bonds. The van der Waals surface area contributed by atoms with Crippen molar-refractivity contribution in [1.29, 1.82) is 0 Å². The molecule has 212 valence electrons. The van der Waals surface area contributed by atoms with Gasteiger partial charge in [-0.3, -0.25) is 4.79 Å². The summed E-state index contributed by atoms with van der Waals surface area (Å²) >= 11 is 0. The molecule has 0 saturated heterocycles. The number of fused-ring (bicyclic) bond motifs is 1. The summed E-state index contributed by atoms with van der Waals surface area (Å²) < 4.78 is 11.5. The summed E-state index contributed by atoms with van der Waals surface area (Å²) in [5.74, 6) is 1.06. The van der Waals surface area contributed by atoms with E-state index in [1.54, 1.807) is 7.11 Å². The molecular formula is C36H50O3. The van der Waals surface area contributed by atoms with Crippen molar-refractivity contribution in [1.82, 2.24) is 0 Å². The topological polar surface area (TPSA) is 35.5 Å². The van der Waals surface area contributed by atoms with Crippen molar-refractivity contribution in [3.8, 4) is 5.75 Å². The molecule has 0 aliphatic carbocycles. The molecule has 39 heavy (non-hydrogen) atoms. The molecule has 0 aromatic heterocycles. The van der Waals surface area contributed by atoms with Gasteiger partial charge in [0.15, 0.2) is 5.78 Å². The van der Waals surface area contributed by atoms with Crippen LogP contribution in [0.5, 0.6) is 5.75 Å². The number of hydrogen-bond acceptors (Lipinski definition) is 3. The molecule has 3 aromatic rings. The Kier molecular flexibility index (Phi) is 14.1. The van der Waals surface area contributed by atoms with Gasteiger partial charge in [0.25, 0.3) is 0 Å². The Morgan fingerprint density at radius 2 is 1.26 bits per heavy atom. The molecule has 0 aliphatic heterocycles. The first-order chi connectivity index (χ1) is 19.1. The Labute approximate surface area is 237 Å². The van der Waals surface area contributed by atoms with Crippen LogP contribution < -0.4 is 4.74 Å². The van der Waals surface area contributed by atoms with Crippen LogP contribution in [0.1, 0.15) is 112 Å². The highest BCUT2D eigenvalue weighted by Gasteiger charge is 2.19. The minimum atomic E-state index is -0.337. The third-order valence-corrected chi connectivity index (χ3v) is 7.73. The molecular weight excluding hydrogens is 480 g/mol. The van der Waals surface area contributed by atoms with Crippen molar-refractivity contribution >= 4 is 16.6 Å². The van der Waals surface area contributed by atoms with Crippen LogP contribution in [-0.2, 0) is 17.6 Å². The number of rotatable bonds is 20. The fraction of sp³-hybridized carbons (Fsp3) is 0.528. The van der Waals surface area contributed by atoms with Gasteiger partial charge in [0.1, 0.15) is 11.9 Å². The molecule has 0 unspecified atom stereocenters. The van der Waals surface area contributed by atoms with Crippen LogP contribution in [0.15, 0.2) is 60.7 Å². The first-order valence-corrected chi connectivity index (χ1v) is 15.5. The van der Waals surface area contributed by atoms with Crippen molar-refractivity contribution in [2.45, 2.75) is 110 Å². The average molecular weight is 531 g/mol. The summed E-state index contributed by atoms with van der Waals surface area (Å²) in [4.78, 5) is 12.9. The second-order valence-electron chi connectivity index (χ2n) is 10.9. The van der Waals surface area contributed by atoms with Gasteiger partial charge in [0.05, 0.1) is 6.61 Å². The molecule has 0 bridgehead atoms. The highest BCUT2D eigenvalue weighted by atomic mass is 16.5. The van der Waals surface area contributed by atoms with E-state index >= 15 is 0 Å². The fourth-order valence-electron chi connectivity index (χ4n) is 5.19. The van der Waals surface area contributed by atoms with Crippen LogP contribution in [0.4, 0.5) is 0 Å². The Bertz CT molecular complexity index is 1100. The summed E-state index contributed by atoms with van der Waals surface area (Å²) in [7, 11) is 1.64. The minimum Gasteiger partial charge on any atom is -0.494 e. The lowest BCUT2D eigenvalue weighted by atomic mass is 9.97. The van der Waals surface area contributed by atoms with Crippen LogP contribution in [-0.4, -0.2) is 25.6 Å². The van der Waals surface area contributed by atoms with Gasteiger partial charge in [-0.25, -0.2) is 0 Å². The lowest BCUT2D eigenvalue weighted by Gasteiger charge is -2.14. The second-order valence-corrected chi connectivity index (χ2v) is 10.9. The van der Waals surface area contributed by atoms with E-state index in [-0.39, 0.29) is 11.9 Å². The largest absolute Gasteiger partial charge is 0.494 e. The van der Waals surface area contributed by atoms with E-state index in [9.17, 15) is 4.79 Å². The zero-order chi connectivity index (χ0) is 27.7. The number of unbranched alkanes of at least 4 members (excludes halogenated alkanes) is 9. The van der Waals surface area contributed by atoms with Crippen LogP contribution in [0.3, 0.4) is 0 Å². The number of carbonyl (C=O) groups is 1. The van der Waals surface area contributed by atoms with E-state index in [1.165, 1.54) is 73.3 Å². The Hall–Kier alpha value is -2.65. The average Bonchev–Trinajstić information content (AvgIpc) is 2.97. The van der Waals surface area contributed by atoms with Gasteiger partial charge >= 0.3 is 0 Å². The maximum atomic E-state index is 12.9. The number of hydrogen-bond donors (Lipinski definition) is 0. The molecule has 0 aliphatic rings. The lowest BCUT2D eigenvalue weighted by molar-refractivity contribution is 0.0573. The monoisotopic (exact) mass is 530 g/mol. The first kappa shape index (κ1) is 30.9. The molecule has 3 aromatic carbocycles. The van der Waals surface area contributed by atoms with Gasteiger partial charge in [0.2, 0.25) is 0 Å². The number of ether oxygens (including phenoxy) is 2. The second kappa shape index (κ2) is 17.8. The fourth-order valence-corrected chi connectivity index (χ4v) is 5.19. The standard InChI is InChI=1S/C36H50O3/c1-4-6-8-10-11-12-14-26-39-34-25-24-32-27-30(20-23-33(32)28-34)17-16-29-18-21-31(22-19-29)36(37)35(38-3)15-13-9-7-5-2/h18-25,27-28,35H,4-17,26H2,1-3H3/t35-/m1/s1. The highest BCUT2D eigenvalue weighted by molar-refractivity contribution is 5.99. The lowest BCUT2D eigenvalue weighted by Crippen LogP contribution is -2.23. The van der Waals surface area contributed by atoms with Gasteiger partial charge in [-0.05, 0) is 59.7 Å². The first-order valence-electron chi connectivity index (χ1n) is 15.5. The minimum absolute atomic E-state index is 0.0980. The van der Waals surface area contributed by atoms with E-state index in [0.717, 1.165) is 56.4 Å². The number of ketones is 1. The number of Topliss-reactive ketones (excluding diaryl/α,β-unsaturated/α-hetero) is 1. The normalized spacial score (nSPS) is 12.1. The Balaban J connectivity index is 1.45. The van der Waals surface area contributed by atoms with Crippen LogP contribution in [0.25, 0.3) is 10.8 Å². The molecule has 0 N–H and O–H groups in total. The smallest absolute Gasteiger partial charge is 0.191 e. The van der Waals surface area contributed by atoms with Crippen molar-refractivity contribution in [3.63, 3.8) is 0 Å². The quantitative estimate of drug-likeness (QED) is 0.108. The van der Waals surface area contributed by atoms with Gasteiger partial charge < -0.3 is 9.47 Å². The van der Waals surface area contributed by atoms with E-state index < -0.39 is 0 Å². The van der Waals surface area contributed by atoms with Gasteiger partial charge in [0, 0.05) is 12.7 Å². The molecule has 1 atom stereocenters. The van der Waals surface area contributed by atoms with E-state index in [2.05, 4.69) is 62.4 Å². The molecule has 3 heteroatoms. The molecule has 0 radical (unpaired) electrons. The molecule has 3 nitrogen and oxygen atoms in total. The molecule has 0 saturated carbocycles. The van der Waals surface area contributed by atoms with E-state index in [0.29, 0.717) is 0 Å². The van der Waals surface area contributed by atoms with Crippen molar-refractivity contribution < 1.29 is 14.3 Å². The summed E-state index contributed by atoms with van der Waals surface area (Å²) in [6.45, 7) is 5.26. The number of carbonyl (C=O) groups excluding carboxylic acids is 1. The third-order valence-electron chi connectivity index (χ3n) is 7.73. The van der Waals surface area contributed by atoms with E-state index in [1.807, 2.05) is 12.1 Å². The van der Waals surface area contributed by atoms with Crippen LogP contribution in [0, 0.1) is 0 Å². The zero-order valence-corrected chi connectivity index (χ0v) is 24.7. The summed E-state index contributed by atoms with van der Waals surface area (Å²) in [5.41, 5.74) is 3.32. The predicted molar refractivity (Wildman–Crippen MR) is 165 cm³/mol. The molecule has 3 rings (SSSR count). The summed E-state index contributed by atoms with van der Waals surface area (Å²) in [6, 6.07) is 21.3.